The van der Waals surface area contributed by atoms with E-state index in [1.54, 1.807) is 36.6 Å². The fourth-order valence-electron chi connectivity index (χ4n) is 1.60. The van der Waals surface area contributed by atoms with Gasteiger partial charge in [-0.1, -0.05) is 17.7 Å². The van der Waals surface area contributed by atoms with E-state index in [1.165, 1.54) is 0 Å². The molecule has 0 aliphatic heterocycles. The van der Waals surface area contributed by atoms with Crippen LogP contribution >= 0.6 is 11.6 Å². The first-order chi connectivity index (χ1) is 9.15. The highest BCUT2D eigenvalue weighted by molar-refractivity contribution is 6.30. The molecular weight excluding hydrogens is 266 g/mol. The van der Waals surface area contributed by atoms with Crippen molar-refractivity contribution in [3.8, 4) is 5.75 Å². The molecule has 2 rings (SSSR count). The molecule has 0 radical (unpaired) electrons. The average Bonchev–Trinajstić information content (AvgIpc) is 2.90. The zero-order valence-corrected chi connectivity index (χ0v) is 11.2. The zero-order chi connectivity index (χ0) is 13.7. The molecule has 1 amide bonds. The number of halogens is 1. The maximum atomic E-state index is 11.7. The molecule has 1 aromatic carbocycles. The third-order valence-corrected chi connectivity index (χ3v) is 2.75. The van der Waals surface area contributed by atoms with E-state index < -0.39 is 0 Å². The second kappa shape index (κ2) is 6.29. The lowest BCUT2D eigenvalue weighted by atomic mass is 10.2. The summed E-state index contributed by atoms with van der Waals surface area (Å²) in [7, 11) is 0. The van der Waals surface area contributed by atoms with Crippen molar-refractivity contribution >= 4 is 17.5 Å². The fourth-order valence-corrected chi connectivity index (χ4v) is 1.78. The van der Waals surface area contributed by atoms with Crippen molar-refractivity contribution in [2.24, 2.45) is 0 Å². The molecule has 0 saturated carbocycles. The predicted molar refractivity (Wildman–Crippen MR) is 72.2 cm³/mol. The quantitative estimate of drug-likeness (QED) is 0.914. The van der Waals surface area contributed by atoms with Crippen LogP contribution in [0.25, 0.3) is 0 Å². The molecule has 19 heavy (non-hydrogen) atoms. The smallest absolute Gasteiger partial charge is 0.258 e. The first-order valence-corrected chi connectivity index (χ1v) is 6.24. The van der Waals surface area contributed by atoms with Crippen molar-refractivity contribution in [2.75, 3.05) is 6.61 Å². The van der Waals surface area contributed by atoms with Crippen molar-refractivity contribution < 1.29 is 13.9 Å². The second-order valence-corrected chi connectivity index (χ2v) is 4.49. The second-order valence-electron chi connectivity index (χ2n) is 4.05. The molecule has 5 heteroatoms. The van der Waals surface area contributed by atoms with Crippen molar-refractivity contribution in [2.45, 2.75) is 13.0 Å². The van der Waals surface area contributed by atoms with Gasteiger partial charge in [-0.25, -0.2) is 0 Å². The van der Waals surface area contributed by atoms with Gasteiger partial charge < -0.3 is 14.5 Å². The average molecular weight is 280 g/mol. The summed E-state index contributed by atoms with van der Waals surface area (Å²) < 4.78 is 10.5. The maximum Gasteiger partial charge on any atom is 0.258 e. The van der Waals surface area contributed by atoms with E-state index in [4.69, 9.17) is 20.8 Å². The lowest BCUT2D eigenvalue weighted by molar-refractivity contribution is -0.123. The van der Waals surface area contributed by atoms with Gasteiger partial charge in [0.2, 0.25) is 0 Å². The van der Waals surface area contributed by atoms with Gasteiger partial charge in [0, 0.05) is 5.02 Å². The summed E-state index contributed by atoms with van der Waals surface area (Å²) in [6, 6.07) is 10.3. The van der Waals surface area contributed by atoms with Gasteiger partial charge >= 0.3 is 0 Å². The van der Waals surface area contributed by atoms with E-state index in [2.05, 4.69) is 5.32 Å². The molecule has 4 nitrogen and oxygen atoms in total. The van der Waals surface area contributed by atoms with E-state index in [9.17, 15) is 4.79 Å². The van der Waals surface area contributed by atoms with Crippen LogP contribution in [-0.2, 0) is 4.79 Å². The van der Waals surface area contributed by atoms with Crippen LogP contribution in [0, 0.1) is 0 Å². The fraction of sp³-hybridized carbons (Fsp3) is 0.214. The van der Waals surface area contributed by atoms with Gasteiger partial charge in [0.05, 0.1) is 12.3 Å². The molecular formula is C14H14ClNO3. The Balaban J connectivity index is 1.82. The van der Waals surface area contributed by atoms with Crippen molar-refractivity contribution in [1.29, 1.82) is 0 Å². The summed E-state index contributed by atoms with van der Waals surface area (Å²) >= 11 is 5.82. The minimum Gasteiger partial charge on any atom is -0.484 e. The first-order valence-electron chi connectivity index (χ1n) is 5.86. The molecule has 0 aliphatic carbocycles. The van der Waals surface area contributed by atoms with Crippen molar-refractivity contribution in [3.05, 3.63) is 53.4 Å². The highest BCUT2D eigenvalue weighted by atomic mass is 35.5. The van der Waals surface area contributed by atoms with Crippen LogP contribution in [0.1, 0.15) is 18.7 Å². The lowest BCUT2D eigenvalue weighted by Crippen LogP contribution is -2.31. The van der Waals surface area contributed by atoms with Crippen LogP contribution in [0.5, 0.6) is 5.75 Å². The Morgan fingerprint density at radius 3 is 2.95 bits per heavy atom. The Morgan fingerprint density at radius 1 is 1.42 bits per heavy atom. The summed E-state index contributed by atoms with van der Waals surface area (Å²) in [5.74, 6) is 1.05. The van der Waals surface area contributed by atoms with Gasteiger partial charge in [-0.15, -0.1) is 0 Å². The lowest BCUT2D eigenvalue weighted by Gasteiger charge is -2.12. The molecule has 0 aliphatic rings. The third kappa shape index (κ3) is 4.03. The SMILES string of the molecule is C[C@H](NC(=O)COc1cccc(Cl)c1)c1ccco1. The monoisotopic (exact) mass is 279 g/mol. The largest absolute Gasteiger partial charge is 0.484 e. The van der Waals surface area contributed by atoms with E-state index in [1.807, 2.05) is 13.0 Å². The number of furan rings is 1. The molecule has 1 heterocycles. The van der Waals surface area contributed by atoms with Crippen LogP contribution in [0.3, 0.4) is 0 Å². The van der Waals surface area contributed by atoms with Crippen LogP contribution in [0.2, 0.25) is 5.02 Å². The van der Waals surface area contributed by atoms with Gasteiger partial charge in [0.15, 0.2) is 6.61 Å². The topological polar surface area (TPSA) is 51.5 Å². The molecule has 2 aromatic rings. The Labute approximate surface area is 116 Å². The molecule has 0 fully saturated rings. The Hall–Kier alpha value is -1.94. The summed E-state index contributed by atoms with van der Waals surface area (Å²) in [6.45, 7) is 1.78. The molecule has 0 unspecified atom stereocenters. The molecule has 0 bridgehead atoms. The van der Waals surface area contributed by atoms with Crippen molar-refractivity contribution in [1.82, 2.24) is 5.32 Å². The van der Waals surface area contributed by atoms with Crippen LogP contribution < -0.4 is 10.1 Å². The molecule has 0 saturated heterocycles. The molecule has 1 N–H and O–H groups in total. The number of ether oxygens (including phenoxy) is 1. The van der Waals surface area contributed by atoms with Crippen molar-refractivity contribution in [3.63, 3.8) is 0 Å². The van der Waals surface area contributed by atoms with Gasteiger partial charge in [-0.05, 0) is 37.3 Å². The highest BCUT2D eigenvalue weighted by Gasteiger charge is 2.12. The van der Waals surface area contributed by atoms with Gasteiger partial charge in [0.1, 0.15) is 11.5 Å². The van der Waals surface area contributed by atoms with Gasteiger partial charge in [0.25, 0.3) is 5.91 Å². The molecule has 1 atom stereocenters. The zero-order valence-electron chi connectivity index (χ0n) is 10.4. The highest BCUT2D eigenvalue weighted by Crippen LogP contribution is 2.17. The number of benzene rings is 1. The van der Waals surface area contributed by atoms with Crippen LogP contribution in [0.4, 0.5) is 0 Å². The molecule has 1 aromatic heterocycles. The number of rotatable bonds is 5. The van der Waals surface area contributed by atoms with E-state index >= 15 is 0 Å². The van der Waals surface area contributed by atoms with Crippen LogP contribution in [-0.4, -0.2) is 12.5 Å². The van der Waals surface area contributed by atoms with Crippen LogP contribution in [0.15, 0.2) is 47.1 Å². The van der Waals surface area contributed by atoms with E-state index in [-0.39, 0.29) is 18.6 Å². The third-order valence-electron chi connectivity index (χ3n) is 2.51. The number of hydrogen-bond acceptors (Lipinski definition) is 3. The molecule has 0 spiro atoms. The van der Waals surface area contributed by atoms with Gasteiger partial charge in [-0.2, -0.15) is 0 Å². The first kappa shape index (κ1) is 13.5. The Morgan fingerprint density at radius 2 is 2.26 bits per heavy atom. The summed E-state index contributed by atoms with van der Waals surface area (Å²) in [6.07, 6.45) is 1.57. The normalized spacial score (nSPS) is 11.9. The minimum atomic E-state index is -0.219. The number of carbonyl (C=O) groups is 1. The minimum absolute atomic E-state index is 0.0641. The maximum absolute atomic E-state index is 11.7. The predicted octanol–water partition coefficient (Wildman–Crippen LogP) is 3.19. The Kier molecular flexibility index (Phi) is 4.47. The van der Waals surface area contributed by atoms with E-state index in [0.29, 0.717) is 16.5 Å². The summed E-state index contributed by atoms with van der Waals surface area (Å²) in [4.78, 5) is 11.7. The number of amides is 1. The van der Waals surface area contributed by atoms with E-state index in [0.717, 1.165) is 0 Å². The number of hydrogen-bond donors (Lipinski definition) is 1. The summed E-state index contributed by atoms with van der Waals surface area (Å²) in [5, 5.41) is 3.35. The summed E-state index contributed by atoms with van der Waals surface area (Å²) in [5.41, 5.74) is 0. The standard InChI is InChI=1S/C14H14ClNO3/c1-10(13-6-3-7-18-13)16-14(17)9-19-12-5-2-4-11(15)8-12/h2-8,10H,9H2,1H3,(H,16,17)/t10-/m0/s1. The van der Waals surface area contributed by atoms with Gasteiger partial charge in [-0.3, -0.25) is 4.79 Å². The molecule has 100 valence electrons. The number of nitrogens with one attached hydrogen (secondary N) is 1. The Bertz CT molecular complexity index is 539. The number of carbonyl (C=O) groups excluding carboxylic acids is 1.